The van der Waals surface area contributed by atoms with Crippen LogP contribution in [0.25, 0.3) is 11.8 Å². The van der Waals surface area contributed by atoms with E-state index >= 15 is 0 Å². The maximum atomic E-state index is 13.3. The summed E-state index contributed by atoms with van der Waals surface area (Å²) >= 11 is 0. The molecule has 0 amide bonds. The van der Waals surface area contributed by atoms with Crippen LogP contribution in [0.4, 0.5) is 4.39 Å². The molecule has 2 unspecified atom stereocenters. The van der Waals surface area contributed by atoms with E-state index < -0.39 is 6.10 Å². The summed E-state index contributed by atoms with van der Waals surface area (Å²) in [4.78, 5) is 0. The largest absolute Gasteiger partial charge is 0.496 e. The topological polar surface area (TPSA) is 56.5 Å². The monoisotopic (exact) mass is 422 g/mol. The molecule has 1 heterocycles. The second-order valence-corrected chi connectivity index (χ2v) is 8.30. The second kappa shape index (κ2) is 8.19. The van der Waals surface area contributed by atoms with Gasteiger partial charge in [0, 0.05) is 0 Å². The van der Waals surface area contributed by atoms with Gasteiger partial charge in [-0.3, -0.25) is 0 Å². The molecule has 2 aromatic carbocycles. The predicted octanol–water partition coefficient (Wildman–Crippen LogP) is 5.12. The van der Waals surface area contributed by atoms with Crippen molar-refractivity contribution in [1.82, 2.24) is 9.78 Å². The first kappa shape index (κ1) is 21.1. The van der Waals surface area contributed by atoms with Crippen molar-refractivity contribution in [2.45, 2.75) is 32.8 Å². The summed E-state index contributed by atoms with van der Waals surface area (Å²) in [5.74, 6) is 0.945. The van der Waals surface area contributed by atoms with Gasteiger partial charge in [-0.2, -0.15) is 5.10 Å². The molecule has 0 saturated carbocycles. The van der Waals surface area contributed by atoms with E-state index in [9.17, 15) is 9.50 Å². The third kappa shape index (κ3) is 3.83. The van der Waals surface area contributed by atoms with Gasteiger partial charge in [-0.05, 0) is 73.2 Å². The summed E-state index contributed by atoms with van der Waals surface area (Å²) in [6, 6.07) is 11.8. The molecular formula is C25H27FN2O3. The van der Waals surface area contributed by atoms with Gasteiger partial charge in [0.1, 0.15) is 17.3 Å². The first-order valence-electron chi connectivity index (χ1n) is 10.3. The van der Waals surface area contributed by atoms with Crippen molar-refractivity contribution >= 4 is 6.08 Å². The van der Waals surface area contributed by atoms with Crippen molar-refractivity contribution in [2.75, 3.05) is 14.2 Å². The van der Waals surface area contributed by atoms with Gasteiger partial charge in [0.05, 0.1) is 43.5 Å². The van der Waals surface area contributed by atoms with E-state index in [1.165, 1.54) is 12.1 Å². The van der Waals surface area contributed by atoms with Crippen LogP contribution in [-0.4, -0.2) is 29.1 Å². The highest BCUT2D eigenvalue weighted by molar-refractivity contribution is 5.60. The molecule has 6 heteroatoms. The molecule has 0 aliphatic heterocycles. The fourth-order valence-corrected chi connectivity index (χ4v) is 4.38. The molecule has 5 nitrogen and oxygen atoms in total. The Bertz CT molecular complexity index is 1100. The van der Waals surface area contributed by atoms with Gasteiger partial charge in [-0.25, -0.2) is 9.07 Å². The lowest BCUT2D eigenvalue weighted by atomic mass is 9.70. The Morgan fingerprint density at radius 2 is 1.77 bits per heavy atom. The Hall–Kier alpha value is -3.12. The molecule has 2 atom stereocenters. The molecule has 1 aliphatic carbocycles. The summed E-state index contributed by atoms with van der Waals surface area (Å²) < 4.78 is 26.1. The fraction of sp³-hybridized carbons (Fsp3) is 0.320. The standard InChI is InChI=1S/C25H27FN2O3/c1-16-12-20-17(15-27-28(20)19-10-8-18(26)9-11-19)13-25(16,2)14-21(29)24-22(30-3)6-5-7-23(24)31-4/h5-12,15,21,29H,13-14H2,1-4H3. The van der Waals surface area contributed by atoms with Gasteiger partial charge in [0.2, 0.25) is 0 Å². The maximum absolute atomic E-state index is 13.3. The quantitative estimate of drug-likeness (QED) is 0.599. The van der Waals surface area contributed by atoms with Gasteiger partial charge in [-0.15, -0.1) is 0 Å². The third-order valence-corrected chi connectivity index (χ3v) is 6.29. The Balaban J connectivity index is 1.65. The number of hydrogen-bond donors (Lipinski definition) is 1. The number of allylic oxidation sites excluding steroid dienone is 1. The fourth-order valence-electron chi connectivity index (χ4n) is 4.38. The van der Waals surface area contributed by atoms with Gasteiger partial charge >= 0.3 is 0 Å². The van der Waals surface area contributed by atoms with Crippen LogP contribution >= 0.6 is 0 Å². The van der Waals surface area contributed by atoms with Crippen molar-refractivity contribution in [3.8, 4) is 17.2 Å². The maximum Gasteiger partial charge on any atom is 0.128 e. The van der Waals surface area contributed by atoms with Crippen LogP contribution in [0.2, 0.25) is 0 Å². The van der Waals surface area contributed by atoms with E-state index in [0.717, 1.165) is 28.9 Å². The zero-order valence-electron chi connectivity index (χ0n) is 18.2. The summed E-state index contributed by atoms with van der Waals surface area (Å²) in [6.45, 7) is 4.24. The Morgan fingerprint density at radius 3 is 2.39 bits per heavy atom. The number of fused-ring (bicyclic) bond motifs is 1. The lowest BCUT2D eigenvalue weighted by Gasteiger charge is -2.36. The Morgan fingerprint density at radius 1 is 1.13 bits per heavy atom. The predicted molar refractivity (Wildman–Crippen MR) is 118 cm³/mol. The Labute approximate surface area is 181 Å². The van der Waals surface area contributed by atoms with E-state index in [1.54, 1.807) is 26.4 Å². The van der Waals surface area contributed by atoms with Crippen LogP contribution in [0.3, 0.4) is 0 Å². The van der Waals surface area contributed by atoms with Crippen molar-refractivity contribution in [1.29, 1.82) is 0 Å². The normalized spacial score (nSPS) is 18.8. The SMILES string of the molecule is COc1cccc(OC)c1C(O)CC1(C)Cc2cnn(-c3ccc(F)cc3)c2C=C1C. The lowest BCUT2D eigenvalue weighted by Crippen LogP contribution is -2.27. The average Bonchev–Trinajstić information content (AvgIpc) is 3.15. The minimum absolute atomic E-state index is 0.269. The first-order chi connectivity index (χ1) is 14.9. The van der Waals surface area contributed by atoms with Crippen LogP contribution < -0.4 is 9.47 Å². The zero-order chi connectivity index (χ0) is 22.2. The van der Waals surface area contributed by atoms with Crippen LogP contribution in [-0.2, 0) is 6.42 Å². The molecule has 1 N–H and O–H groups in total. The molecule has 3 aromatic rings. The molecule has 0 bridgehead atoms. The number of halogens is 1. The smallest absolute Gasteiger partial charge is 0.128 e. The summed E-state index contributed by atoms with van der Waals surface area (Å²) in [5, 5.41) is 15.7. The summed E-state index contributed by atoms with van der Waals surface area (Å²) in [6.07, 6.45) is 4.46. The van der Waals surface area contributed by atoms with Gasteiger partial charge in [0.15, 0.2) is 0 Å². The third-order valence-electron chi connectivity index (χ3n) is 6.29. The number of hydrogen-bond acceptors (Lipinski definition) is 4. The number of aliphatic hydroxyl groups is 1. The number of methoxy groups -OCH3 is 2. The lowest BCUT2D eigenvalue weighted by molar-refractivity contribution is 0.115. The highest BCUT2D eigenvalue weighted by Gasteiger charge is 2.36. The number of aromatic nitrogens is 2. The second-order valence-electron chi connectivity index (χ2n) is 8.30. The average molecular weight is 423 g/mol. The van der Waals surface area contributed by atoms with Crippen molar-refractivity contribution in [2.24, 2.45) is 5.41 Å². The van der Waals surface area contributed by atoms with Gasteiger partial charge < -0.3 is 14.6 Å². The van der Waals surface area contributed by atoms with Crippen LogP contribution in [0.5, 0.6) is 11.5 Å². The molecule has 0 fully saturated rings. The molecular weight excluding hydrogens is 395 g/mol. The minimum atomic E-state index is -0.756. The number of rotatable bonds is 6. The first-order valence-corrected chi connectivity index (χ1v) is 10.3. The van der Waals surface area contributed by atoms with Crippen molar-refractivity contribution < 1.29 is 19.0 Å². The van der Waals surface area contributed by atoms with E-state index in [0.29, 0.717) is 23.5 Å². The minimum Gasteiger partial charge on any atom is -0.496 e. The van der Waals surface area contributed by atoms with Crippen molar-refractivity contribution in [3.05, 3.63) is 76.9 Å². The van der Waals surface area contributed by atoms with E-state index in [1.807, 2.05) is 29.1 Å². The van der Waals surface area contributed by atoms with Crippen LogP contribution in [0, 0.1) is 11.2 Å². The highest BCUT2D eigenvalue weighted by Crippen LogP contribution is 2.47. The molecule has 0 spiro atoms. The van der Waals surface area contributed by atoms with Gasteiger partial charge in [0.25, 0.3) is 0 Å². The molecule has 4 rings (SSSR count). The molecule has 162 valence electrons. The number of aliphatic hydroxyl groups excluding tert-OH is 1. The number of nitrogens with zero attached hydrogens (tertiary/aromatic N) is 2. The highest BCUT2D eigenvalue weighted by atomic mass is 19.1. The number of benzene rings is 2. The molecule has 0 radical (unpaired) electrons. The van der Waals surface area contributed by atoms with E-state index in [2.05, 4.69) is 25.0 Å². The summed E-state index contributed by atoms with van der Waals surface area (Å²) in [5.41, 5.74) is 4.44. The van der Waals surface area contributed by atoms with Crippen LogP contribution in [0.1, 0.15) is 43.2 Å². The number of ether oxygens (including phenoxy) is 2. The van der Waals surface area contributed by atoms with Gasteiger partial charge in [-0.1, -0.05) is 18.6 Å². The molecule has 0 saturated heterocycles. The van der Waals surface area contributed by atoms with Crippen LogP contribution in [0.15, 0.2) is 54.2 Å². The van der Waals surface area contributed by atoms with Crippen molar-refractivity contribution in [3.63, 3.8) is 0 Å². The summed E-state index contributed by atoms with van der Waals surface area (Å²) in [7, 11) is 3.18. The Kier molecular flexibility index (Phi) is 5.58. The molecule has 1 aliphatic rings. The molecule has 1 aromatic heterocycles. The van der Waals surface area contributed by atoms with E-state index in [-0.39, 0.29) is 11.2 Å². The molecule has 31 heavy (non-hydrogen) atoms. The zero-order valence-corrected chi connectivity index (χ0v) is 18.2. The van der Waals surface area contributed by atoms with E-state index in [4.69, 9.17) is 9.47 Å².